The van der Waals surface area contributed by atoms with Crippen LogP contribution in [0.15, 0.2) is 29.4 Å². The smallest absolute Gasteiger partial charge is 0.303 e. The molecular formula is C11H12ClNO3. The van der Waals surface area contributed by atoms with E-state index in [0.717, 1.165) is 5.56 Å². The van der Waals surface area contributed by atoms with E-state index >= 15 is 0 Å². The zero-order valence-corrected chi connectivity index (χ0v) is 9.57. The van der Waals surface area contributed by atoms with Gasteiger partial charge in [0.1, 0.15) is 6.61 Å². The van der Waals surface area contributed by atoms with E-state index in [4.69, 9.17) is 21.5 Å². The van der Waals surface area contributed by atoms with Crippen LogP contribution < -0.4 is 0 Å². The summed E-state index contributed by atoms with van der Waals surface area (Å²) in [7, 11) is 0. The number of nitrogens with zero attached hydrogens (tertiary/aromatic N) is 1. The van der Waals surface area contributed by atoms with Crippen molar-refractivity contribution in [2.45, 2.75) is 13.3 Å². The van der Waals surface area contributed by atoms with Crippen LogP contribution in [0.3, 0.4) is 0 Å². The van der Waals surface area contributed by atoms with Crippen molar-refractivity contribution in [3.05, 3.63) is 34.9 Å². The molecule has 86 valence electrons. The second-order valence-electron chi connectivity index (χ2n) is 3.25. The predicted octanol–water partition coefficient (Wildman–Crippen LogP) is 2.28. The fourth-order valence-corrected chi connectivity index (χ4v) is 1.26. The SMILES string of the molecule is CC(=O)OC/C(Cc1ccc(Cl)cc1)=N/O. The van der Waals surface area contributed by atoms with Gasteiger partial charge >= 0.3 is 5.97 Å². The molecular weight excluding hydrogens is 230 g/mol. The molecule has 0 saturated carbocycles. The van der Waals surface area contributed by atoms with E-state index in [1.165, 1.54) is 6.92 Å². The zero-order valence-electron chi connectivity index (χ0n) is 8.81. The number of oxime groups is 1. The molecule has 0 radical (unpaired) electrons. The average molecular weight is 242 g/mol. The lowest BCUT2D eigenvalue weighted by Crippen LogP contribution is -2.14. The predicted molar refractivity (Wildman–Crippen MR) is 61.0 cm³/mol. The number of hydrogen-bond acceptors (Lipinski definition) is 4. The average Bonchev–Trinajstić information content (AvgIpc) is 2.26. The van der Waals surface area contributed by atoms with Gasteiger partial charge in [-0.2, -0.15) is 0 Å². The van der Waals surface area contributed by atoms with Crippen LogP contribution in [0.5, 0.6) is 0 Å². The maximum atomic E-state index is 10.6. The number of esters is 1. The molecule has 0 fully saturated rings. The summed E-state index contributed by atoms with van der Waals surface area (Å²) >= 11 is 5.74. The highest BCUT2D eigenvalue weighted by Crippen LogP contribution is 2.10. The first-order valence-corrected chi connectivity index (χ1v) is 5.07. The highest BCUT2D eigenvalue weighted by molar-refractivity contribution is 6.30. The highest BCUT2D eigenvalue weighted by Gasteiger charge is 2.04. The van der Waals surface area contributed by atoms with Gasteiger partial charge in [-0.15, -0.1) is 0 Å². The summed E-state index contributed by atoms with van der Waals surface area (Å²) in [5.74, 6) is -0.405. The Balaban J connectivity index is 2.57. The molecule has 5 heteroatoms. The molecule has 0 aliphatic rings. The van der Waals surface area contributed by atoms with E-state index in [2.05, 4.69) is 5.16 Å². The van der Waals surface area contributed by atoms with Crippen molar-refractivity contribution in [2.24, 2.45) is 5.16 Å². The standard InChI is InChI=1S/C11H12ClNO3/c1-8(14)16-7-11(13-15)6-9-2-4-10(12)5-3-9/h2-5,15H,6-7H2,1H3/b13-11+. The molecule has 4 nitrogen and oxygen atoms in total. The van der Waals surface area contributed by atoms with Crippen molar-refractivity contribution in [1.29, 1.82) is 0 Å². The Bertz CT molecular complexity index is 387. The van der Waals surface area contributed by atoms with Crippen LogP contribution >= 0.6 is 11.6 Å². The number of ether oxygens (including phenoxy) is 1. The normalized spacial score (nSPS) is 11.2. The first-order valence-electron chi connectivity index (χ1n) is 4.69. The molecule has 1 aromatic rings. The number of benzene rings is 1. The molecule has 0 aliphatic heterocycles. The van der Waals surface area contributed by atoms with E-state index in [0.29, 0.717) is 17.2 Å². The van der Waals surface area contributed by atoms with Crippen LogP contribution in [0.2, 0.25) is 5.02 Å². The van der Waals surface area contributed by atoms with Crippen molar-refractivity contribution >= 4 is 23.3 Å². The van der Waals surface area contributed by atoms with E-state index in [-0.39, 0.29) is 6.61 Å². The van der Waals surface area contributed by atoms with Crippen LogP contribution in [-0.2, 0) is 16.0 Å². The molecule has 0 unspecified atom stereocenters. The number of hydrogen-bond donors (Lipinski definition) is 1. The molecule has 0 saturated heterocycles. The number of halogens is 1. The molecule has 0 aliphatic carbocycles. The van der Waals surface area contributed by atoms with E-state index in [1.54, 1.807) is 12.1 Å². The Kier molecular flexibility index (Phi) is 4.79. The second kappa shape index (κ2) is 6.12. The third-order valence-electron chi connectivity index (χ3n) is 1.90. The fraction of sp³-hybridized carbons (Fsp3) is 0.273. The summed E-state index contributed by atoms with van der Waals surface area (Å²) in [6.45, 7) is 1.30. The van der Waals surface area contributed by atoms with Gasteiger partial charge in [0.15, 0.2) is 0 Å². The fourth-order valence-electron chi connectivity index (χ4n) is 1.14. The summed E-state index contributed by atoms with van der Waals surface area (Å²) in [6, 6.07) is 7.14. The Labute approximate surface area is 98.5 Å². The minimum atomic E-state index is -0.405. The van der Waals surface area contributed by atoms with Crippen molar-refractivity contribution in [1.82, 2.24) is 0 Å². The Hall–Kier alpha value is -1.55. The minimum Gasteiger partial charge on any atom is -0.460 e. The van der Waals surface area contributed by atoms with E-state index in [1.807, 2.05) is 12.1 Å². The van der Waals surface area contributed by atoms with Crippen LogP contribution in [0.25, 0.3) is 0 Å². The van der Waals surface area contributed by atoms with Crippen LogP contribution in [0.4, 0.5) is 0 Å². The summed E-state index contributed by atoms with van der Waals surface area (Å²) in [6.07, 6.45) is 0.418. The maximum Gasteiger partial charge on any atom is 0.303 e. The van der Waals surface area contributed by atoms with Gasteiger partial charge in [-0.3, -0.25) is 4.79 Å². The molecule has 1 N–H and O–H groups in total. The van der Waals surface area contributed by atoms with Gasteiger partial charge < -0.3 is 9.94 Å². The first kappa shape index (κ1) is 12.5. The monoisotopic (exact) mass is 241 g/mol. The number of carbonyl (C=O) groups excluding carboxylic acids is 1. The quantitative estimate of drug-likeness (QED) is 0.381. The number of rotatable bonds is 4. The Morgan fingerprint density at radius 1 is 1.44 bits per heavy atom. The van der Waals surface area contributed by atoms with Crippen LogP contribution in [-0.4, -0.2) is 23.5 Å². The van der Waals surface area contributed by atoms with Crippen molar-refractivity contribution < 1.29 is 14.7 Å². The summed E-state index contributed by atoms with van der Waals surface area (Å²) in [5.41, 5.74) is 1.32. The topological polar surface area (TPSA) is 58.9 Å². The van der Waals surface area contributed by atoms with Gasteiger partial charge in [-0.1, -0.05) is 28.9 Å². The molecule has 0 bridgehead atoms. The number of carbonyl (C=O) groups is 1. The van der Waals surface area contributed by atoms with E-state index < -0.39 is 5.97 Å². The molecule has 1 aromatic carbocycles. The van der Waals surface area contributed by atoms with Gasteiger partial charge in [0.05, 0.1) is 5.71 Å². The summed E-state index contributed by atoms with van der Waals surface area (Å²) in [5, 5.41) is 12.5. The lowest BCUT2D eigenvalue weighted by atomic mass is 10.1. The third kappa shape index (κ3) is 4.31. The molecule has 0 atom stereocenters. The molecule has 16 heavy (non-hydrogen) atoms. The van der Waals surface area contributed by atoms with Gasteiger partial charge in [0, 0.05) is 18.4 Å². The maximum absolute atomic E-state index is 10.6. The lowest BCUT2D eigenvalue weighted by Gasteiger charge is -2.05. The molecule has 0 spiro atoms. The highest BCUT2D eigenvalue weighted by atomic mass is 35.5. The van der Waals surface area contributed by atoms with Crippen LogP contribution in [0.1, 0.15) is 12.5 Å². The molecule has 0 heterocycles. The summed E-state index contributed by atoms with van der Waals surface area (Å²) < 4.78 is 4.74. The minimum absolute atomic E-state index is 0.00550. The molecule has 0 amide bonds. The molecule has 1 rings (SSSR count). The van der Waals surface area contributed by atoms with Crippen LogP contribution in [0, 0.1) is 0 Å². The molecule has 0 aromatic heterocycles. The van der Waals surface area contributed by atoms with Crippen molar-refractivity contribution in [2.75, 3.05) is 6.61 Å². The first-order chi connectivity index (χ1) is 7.61. The lowest BCUT2D eigenvalue weighted by molar-refractivity contribution is -0.139. The third-order valence-corrected chi connectivity index (χ3v) is 2.16. The largest absolute Gasteiger partial charge is 0.460 e. The van der Waals surface area contributed by atoms with Crippen molar-refractivity contribution in [3.8, 4) is 0 Å². The van der Waals surface area contributed by atoms with Gasteiger partial charge in [0.25, 0.3) is 0 Å². The Morgan fingerprint density at radius 2 is 2.06 bits per heavy atom. The van der Waals surface area contributed by atoms with Gasteiger partial charge in [0.2, 0.25) is 0 Å². The van der Waals surface area contributed by atoms with Crippen molar-refractivity contribution in [3.63, 3.8) is 0 Å². The van der Waals surface area contributed by atoms with E-state index in [9.17, 15) is 4.79 Å². The van der Waals surface area contributed by atoms with Gasteiger partial charge in [-0.25, -0.2) is 0 Å². The summed E-state index contributed by atoms with van der Waals surface area (Å²) in [4.78, 5) is 10.6. The van der Waals surface area contributed by atoms with Gasteiger partial charge in [-0.05, 0) is 17.7 Å². The Morgan fingerprint density at radius 3 is 2.56 bits per heavy atom. The second-order valence-corrected chi connectivity index (χ2v) is 3.69. The zero-order chi connectivity index (χ0) is 12.0.